The number of aromatic nitrogens is 2. The van der Waals surface area contributed by atoms with E-state index in [1.54, 1.807) is 11.3 Å². The zero-order valence-electron chi connectivity index (χ0n) is 15.7. The molecule has 0 spiro atoms. The normalized spacial score (nSPS) is 13.6. The summed E-state index contributed by atoms with van der Waals surface area (Å²) >= 11 is 9.06. The quantitative estimate of drug-likeness (QED) is 0.331. The second-order valence-corrected chi connectivity index (χ2v) is 9.69. The Morgan fingerprint density at radius 3 is 2.76 bits per heavy atom. The van der Waals surface area contributed by atoms with E-state index >= 15 is 0 Å². The van der Waals surface area contributed by atoms with Crippen molar-refractivity contribution < 1.29 is 4.79 Å². The number of thiazole rings is 1. The van der Waals surface area contributed by atoms with Crippen molar-refractivity contribution in [2.45, 2.75) is 30.0 Å². The van der Waals surface area contributed by atoms with Gasteiger partial charge in [-0.15, -0.1) is 11.3 Å². The van der Waals surface area contributed by atoms with Gasteiger partial charge in [0.2, 0.25) is 5.91 Å². The molecule has 3 nitrogen and oxygen atoms in total. The Morgan fingerprint density at radius 2 is 1.90 bits per heavy atom. The lowest BCUT2D eigenvalue weighted by Crippen LogP contribution is -2.18. The lowest BCUT2D eigenvalue weighted by molar-refractivity contribution is 0.0943. The number of para-hydroxylation sites is 1. The van der Waals surface area contributed by atoms with Crippen molar-refractivity contribution >= 4 is 51.5 Å². The predicted octanol–water partition coefficient (Wildman–Crippen LogP) is 6.73. The Balaban J connectivity index is 1.37. The molecule has 4 aromatic rings. The van der Waals surface area contributed by atoms with Crippen LogP contribution in [0.3, 0.4) is 0 Å². The van der Waals surface area contributed by atoms with Crippen LogP contribution in [0.1, 0.15) is 28.9 Å². The third-order valence-electron chi connectivity index (χ3n) is 5.37. The van der Waals surface area contributed by atoms with Crippen LogP contribution in [-0.2, 0) is 12.8 Å². The minimum Gasteiger partial charge on any atom is -0.283 e. The molecule has 1 aliphatic carbocycles. The SMILES string of the molecule is O=C(CSc1nc(-c2ccc(Cl)cc2)cs1)n1c2c(c3ccccc31)CCCC2. The first-order chi connectivity index (χ1) is 14.2. The van der Waals surface area contributed by atoms with Gasteiger partial charge in [0.15, 0.2) is 4.34 Å². The van der Waals surface area contributed by atoms with Crippen LogP contribution in [0.25, 0.3) is 22.2 Å². The maximum absolute atomic E-state index is 13.2. The van der Waals surface area contributed by atoms with Crippen LogP contribution in [0.5, 0.6) is 0 Å². The monoisotopic (exact) mass is 438 g/mol. The van der Waals surface area contributed by atoms with Crippen LogP contribution in [0, 0.1) is 0 Å². The first kappa shape index (κ1) is 18.9. The predicted molar refractivity (Wildman–Crippen MR) is 122 cm³/mol. The molecule has 6 heteroatoms. The molecule has 1 aliphatic rings. The first-order valence-corrected chi connectivity index (χ1v) is 11.9. The van der Waals surface area contributed by atoms with Gasteiger partial charge in [0, 0.05) is 27.0 Å². The number of carbonyl (C=O) groups excluding carboxylic acids is 1. The Kier molecular flexibility index (Phi) is 5.20. The Morgan fingerprint density at radius 1 is 1.10 bits per heavy atom. The van der Waals surface area contributed by atoms with Gasteiger partial charge in [-0.1, -0.05) is 53.7 Å². The maximum atomic E-state index is 13.2. The van der Waals surface area contributed by atoms with Crippen molar-refractivity contribution in [1.29, 1.82) is 0 Å². The Bertz CT molecular complexity index is 1190. The van der Waals surface area contributed by atoms with Gasteiger partial charge in [-0.3, -0.25) is 9.36 Å². The standard InChI is InChI=1S/C23H19ClN2OS2/c24-16-11-9-15(10-12-16)19-13-28-23(25-19)29-14-22(27)26-20-7-3-1-5-17(20)18-6-2-4-8-21(18)26/h1,3,5,7,9-13H,2,4,6,8,14H2. The van der Waals surface area contributed by atoms with Crippen molar-refractivity contribution in [3.63, 3.8) is 0 Å². The molecule has 0 saturated heterocycles. The van der Waals surface area contributed by atoms with E-state index in [4.69, 9.17) is 16.6 Å². The fraction of sp³-hybridized carbons (Fsp3) is 0.217. The summed E-state index contributed by atoms with van der Waals surface area (Å²) in [7, 11) is 0. The van der Waals surface area contributed by atoms with Crippen LogP contribution in [0.2, 0.25) is 5.02 Å². The number of nitrogens with zero attached hydrogens (tertiary/aromatic N) is 2. The van der Waals surface area contributed by atoms with Gasteiger partial charge in [-0.05, 0) is 49.4 Å². The third-order valence-corrected chi connectivity index (χ3v) is 7.63. The average molecular weight is 439 g/mol. The second kappa shape index (κ2) is 7.98. The topological polar surface area (TPSA) is 34.9 Å². The number of hydrogen-bond donors (Lipinski definition) is 0. The smallest absolute Gasteiger partial charge is 0.241 e. The molecule has 0 saturated carbocycles. The average Bonchev–Trinajstić information content (AvgIpc) is 3.35. The molecule has 0 N–H and O–H groups in total. The number of fused-ring (bicyclic) bond motifs is 3. The van der Waals surface area contributed by atoms with Crippen molar-refractivity contribution in [1.82, 2.24) is 9.55 Å². The number of carbonyl (C=O) groups is 1. The molecule has 0 fully saturated rings. The molecule has 0 atom stereocenters. The molecule has 29 heavy (non-hydrogen) atoms. The van der Waals surface area contributed by atoms with E-state index in [9.17, 15) is 4.79 Å². The minimum absolute atomic E-state index is 0.137. The van der Waals surface area contributed by atoms with Gasteiger partial charge in [0.25, 0.3) is 0 Å². The lowest BCUT2D eigenvalue weighted by Gasteiger charge is -2.14. The molecule has 146 valence electrons. The van der Waals surface area contributed by atoms with Crippen molar-refractivity contribution in [2.75, 3.05) is 5.75 Å². The lowest BCUT2D eigenvalue weighted by atomic mass is 9.96. The fourth-order valence-corrected chi connectivity index (χ4v) is 5.86. The van der Waals surface area contributed by atoms with E-state index in [2.05, 4.69) is 18.2 Å². The summed E-state index contributed by atoms with van der Waals surface area (Å²) in [6.07, 6.45) is 4.41. The molecule has 0 amide bonds. The molecule has 2 aromatic heterocycles. The van der Waals surface area contributed by atoms with E-state index in [0.717, 1.165) is 40.4 Å². The summed E-state index contributed by atoms with van der Waals surface area (Å²) < 4.78 is 2.87. The van der Waals surface area contributed by atoms with Gasteiger partial charge in [-0.25, -0.2) is 4.98 Å². The Labute approximate surface area is 182 Å². The van der Waals surface area contributed by atoms with Crippen molar-refractivity contribution in [3.05, 3.63) is 70.2 Å². The van der Waals surface area contributed by atoms with Crippen LogP contribution in [0.15, 0.2) is 58.3 Å². The van der Waals surface area contributed by atoms with Gasteiger partial charge >= 0.3 is 0 Å². The highest BCUT2D eigenvalue weighted by Crippen LogP contribution is 2.33. The molecular formula is C23H19ClN2OS2. The summed E-state index contributed by atoms with van der Waals surface area (Å²) in [5.41, 5.74) is 5.58. The maximum Gasteiger partial charge on any atom is 0.241 e. The van der Waals surface area contributed by atoms with E-state index in [1.165, 1.54) is 34.8 Å². The number of aryl methyl sites for hydroxylation is 1. The number of rotatable bonds is 4. The summed E-state index contributed by atoms with van der Waals surface area (Å²) in [5, 5.41) is 3.98. The highest BCUT2D eigenvalue weighted by molar-refractivity contribution is 8.01. The highest BCUT2D eigenvalue weighted by Gasteiger charge is 2.23. The molecular weight excluding hydrogens is 420 g/mol. The number of benzene rings is 2. The fourth-order valence-electron chi connectivity index (χ4n) is 4.05. The van der Waals surface area contributed by atoms with E-state index < -0.39 is 0 Å². The number of hydrogen-bond acceptors (Lipinski definition) is 4. The summed E-state index contributed by atoms with van der Waals surface area (Å²) in [5.74, 6) is 0.524. The van der Waals surface area contributed by atoms with Crippen LogP contribution in [-0.4, -0.2) is 21.2 Å². The van der Waals surface area contributed by atoms with Gasteiger partial charge in [0.1, 0.15) is 0 Å². The van der Waals surface area contributed by atoms with Gasteiger partial charge < -0.3 is 0 Å². The molecule has 0 unspecified atom stereocenters. The molecule has 0 aliphatic heterocycles. The number of thioether (sulfide) groups is 1. The van der Waals surface area contributed by atoms with Crippen molar-refractivity contribution in [2.24, 2.45) is 0 Å². The summed E-state index contributed by atoms with van der Waals surface area (Å²) in [6, 6.07) is 16.0. The van der Waals surface area contributed by atoms with Crippen LogP contribution in [0.4, 0.5) is 0 Å². The second-order valence-electron chi connectivity index (χ2n) is 7.17. The van der Waals surface area contributed by atoms with Gasteiger partial charge in [-0.2, -0.15) is 0 Å². The van der Waals surface area contributed by atoms with Gasteiger partial charge in [0.05, 0.1) is 17.0 Å². The zero-order valence-corrected chi connectivity index (χ0v) is 18.1. The molecule has 2 heterocycles. The molecule has 0 radical (unpaired) electrons. The third kappa shape index (κ3) is 3.63. The first-order valence-electron chi connectivity index (χ1n) is 9.69. The van der Waals surface area contributed by atoms with E-state index in [1.807, 2.05) is 40.3 Å². The minimum atomic E-state index is 0.137. The van der Waals surface area contributed by atoms with E-state index in [-0.39, 0.29) is 5.91 Å². The van der Waals surface area contributed by atoms with Crippen LogP contribution < -0.4 is 0 Å². The van der Waals surface area contributed by atoms with E-state index in [0.29, 0.717) is 10.8 Å². The molecule has 0 bridgehead atoms. The molecule has 2 aromatic carbocycles. The Hall–Kier alpha value is -2.08. The number of halogens is 1. The van der Waals surface area contributed by atoms with Crippen LogP contribution >= 0.6 is 34.7 Å². The zero-order chi connectivity index (χ0) is 19.8. The summed E-state index contributed by atoms with van der Waals surface area (Å²) in [4.78, 5) is 17.9. The van der Waals surface area contributed by atoms with Crippen molar-refractivity contribution in [3.8, 4) is 11.3 Å². The largest absolute Gasteiger partial charge is 0.283 e. The molecule has 5 rings (SSSR count). The highest BCUT2D eigenvalue weighted by atomic mass is 35.5. The summed E-state index contributed by atoms with van der Waals surface area (Å²) in [6.45, 7) is 0.